The molecule has 0 aromatic heterocycles. The Balaban J connectivity index is 2.67. The van der Waals surface area contributed by atoms with Crippen molar-refractivity contribution in [1.29, 1.82) is 0 Å². The number of rotatable bonds is 0. The van der Waals surface area contributed by atoms with E-state index in [1.807, 2.05) is 0 Å². The molecule has 1 aromatic rings. The molecule has 0 amide bonds. The maximum Gasteiger partial charge on any atom is 0.167 e. The van der Waals surface area contributed by atoms with E-state index in [0.29, 0.717) is 12.1 Å². The number of hydrazone groups is 1. The third-order valence-corrected chi connectivity index (χ3v) is 2.09. The zero-order chi connectivity index (χ0) is 10.1. The van der Waals surface area contributed by atoms with Crippen LogP contribution < -0.4 is 10.6 Å². The lowest BCUT2D eigenvalue weighted by molar-refractivity contribution is 0.300. The molecule has 0 atom stereocenters. The zero-order valence-corrected chi connectivity index (χ0v) is 7.26. The number of nitrogens with two attached hydrogens (primary N) is 1. The molecule has 74 valence electrons. The quantitative estimate of drug-likeness (QED) is 0.506. The molecule has 3 nitrogen and oxygen atoms in total. The van der Waals surface area contributed by atoms with Crippen LogP contribution >= 0.6 is 0 Å². The fourth-order valence-corrected chi connectivity index (χ4v) is 1.45. The summed E-state index contributed by atoms with van der Waals surface area (Å²) in [5.41, 5.74) is 0.377. The van der Waals surface area contributed by atoms with Gasteiger partial charge >= 0.3 is 0 Å². The first-order chi connectivity index (χ1) is 6.74. The van der Waals surface area contributed by atoms with Crippen molar-refractivity contribution in [1.82, 2.24) is 0 Å². The maximum absolute atomic E-state index is 13.3. The topological polar surface area (TPSA) is 47.6 Å². The van der Waals surface area contributed by atoms with Crippen LogP contribution in [0.1, 0.15) is 12.0 Å². The van der Waals surface area contributed by atoms with Crippen molar-refractivity contribution in [2.45, 2.75) is 6.42 Å². The molecule has 0 fully saturated rings. The number of halogens is 2. The highest BCUT2D eigenvalue weighted by Gasteiger charge is 2.24. The van der Waals surface area contributed by atoms with Gasteiger partial charge in [-0.15, -0.1) is 0 Å². The minimum atomic E-state index is -0.595. The largest absolute Gasteiger partial charge is 0.489 e. The summed E-state index contributed by atoms with van der Waals surface area (Å²) in [4.78, 5) is 0. The van der Waals surface area contributed by atoms with Gasteiger partial charge in [0.05, 0.1) is 17.9 Å². The summed E-state index contributed by atoms with van der Waals surface area (Å²) in [6.07, 6.45) is 0.393. The van der Waals surface area contributed by atoms with Crippen LogP contribution in [0.3, 0.4) is 0 Å². The van der Waals surface area contributed by atoms with Crippen molar-refractivity contribution in [3.63, 3.8) is 0 Å². The van der Waals surface area contributed by atoms with E-state index in [0.717, 1.165) is 12.1 Å². The second-order valence-corrected chi connectivity index (χ2v) is 2.91. The fourth-order valence-electron chi connectivity index (χ4n) is 1.45. The van der Waals surface area contributed by atoms with Gasteiger partial charge in [0, 0.05) is 6.42 Å². The van der Waals surface area contributed by atoms with Gasteiger partial charge in [-0.25, -0.2) is 8.78 Å². The summed E-state index contributed by atoms with van der Waals surface area (Å²) in [6.45, 7) is 0.267. The minimum Gasteiger partial charge on any atom is -0.489 e. The van der Waals surface area contributed by atoms with Crippen LogP contribution in [0.5, 0.6) is 5.75 Å². The lowest BCUT2D eigenvalue weighted by atomic mass is 10.0. The second-order valence-electron chi connectivity index (χ2n) is 2.91. The van der Waals surface area contributed by atoms with Crippen molar-refractivity contribution in [3.8, 4) is 5.75 Å². The third-order valence-electron chi connectivity index (χ3n) is 2.09. The summed E-state index contributed by atoms with van der Waals surface area (Å²) in [6, 6.07) is 2.06. The molecular formula is C9H8F2N2O. The zero-order valence-electron chi connectivity index (χ0n) is 7.26. The second kappa shape index (κ2) is 3.25. The van der Waals surface area contributed by atoms with Crippen LogP contribution in [0.25, 0.3) is 0 Å². The van der Waals surface area contributed by atoms with Crippen LogP contribution in [-0.2, 0) is 0 Å². The molecule has 1 heterocycles. The Labute approximate surface area is 79.2 Å². The number of ether oxygens (including phenoxy) is 1. The SMILES string of the molecule is N/N=C1\CCOc2c(F)ccc(F)c21. The molecule has 0 saturated heterocycles. The van der Waals surface area contributed by atoms with Gasteiger partial charge in [-0.2, -0.15) is 5.10 Å². The molecule has 14 heavy (non-hydrogen) atoms. The lowest BCUT2D eigenvalue weighted by Crippen LogP contribution is -2.20. The van der Waals surface area contributed by atoms with Gasteiger partial charge in [0.15, 0.2) is 11.6 Å². The van der Waals surface area contributed by atoms with Crippen LogP contribution in [-0.4, -0.2) is 12.3 Å². The van der Waals surface area contributed by atoms with Gasteiger partial charge in [-0.1, -0.05) is 0 Å². The summed E-state index contributed by atoms with van der Waals surface area (Å²) < 4.78 is 31.5. The predicted octanol–water partition coefficient (Wildman–Crippen LogP) is 1.41. The highest BCUT2D eigenvalue weighted by molar-refractivity contribution is 6.03. The molecule has 2 rings (SSSR count). The third kappa shape index (κ3) is 1.21. The van der Waals surface area contributed by atoms with Gasteiger partial charge in [0.1, 0.15) is 5.82 Å². The molecule has 2 N–H and O–H groups in total. The highest BCUT2D eigenvalue weighted by atomic mass is 19.1. The molecule has 0 radical (unpaired) electrons. The number of hydrogen-bond acceptors (Lipinski definition) is 3. The van der Waals surface area contributed by atoms with Crippen LogP contribution in [0.2, 0.25) is 0 Å². The number of fused-ring (bicyclic) bond motifs is 1. The fraction of sp³-hybridized carbons (Fsp3) is 0.222. The molecule has 0 unspecified atom stereocenters. The Morgan fingerprint density at radius 2 is 2.00 bits per heavy atom. The van der Waals surface area contributed by atoms with Gasteiger partial charge in [-0.3, -0.25) is 0 Å². The van der Waals surface area contributed by atoms with E-state index in [9.17, 15) is 8.78 Å². The van der Waals surface area contributed by atoms with E-state index in [-0.39, 0.29) is 17.9 Å². The van der Waals surface area contributed by atoms with Crippen LogP contribution in [0.4, 0.5) is 8.78 Å². The normalized spacial score (nSPS) is 17.7. The molecule has 0 bridgehead atoms. The number of benzene rings is 1. The number of hydrogen-bond donors (Lipinski definition) is 1. The molecule has 5 heteroatoms. The highest BCUT2D eigenvalue weighted by Crippen LogP contribution is 2.30. The summed E-state index contributed by atoms with van der Waals surface area (Å²) in [7, 11) is 0. The first kappa shape index (κ1) is 8.93. The van der Waals surface area contributed by atoms with E-state index in [1.165, 1.54) is 0 Å². The van der Waals surface area contributed by atoms with E-state index in [4.69, 9.17) is 10.6 Å². The average molecular weight is 198 g/mol. The Hall–Kier alpha value is -1.65. The summed E-state index contributed by atoms with van der Waals surface area (Å²) in [5, 5.41) is 3.42. The Bertz CT molecular complexity index is 404. The maximum atomic E-state index is 13.3. The van der Waals surface area contributed by atoms with Crippen molar-refractivity contribution >= 4 is 5.71 Å². The monoisotopic (exact) mass is 198 g/mol. The van der Waals surface area contributed by atoms with Crippen molar-refractivity contribution in [2.75, 3.05) is 6.61 Å². The smallest absolute Gasteiger partial charge is 0.167 e. The van der Waals surface area contributed by atoms with Gasteiger partial charge in [0.25, 0.3) is 0 Å². The van der Waals surface area contributed by atoms with E-state index < -0.39 is 11.6 Å². The van der Waals surface area contributed by atoms with Gasteiger partial charge in [0.2, 0.25) is 0 Å². The molecule has 0 aliphatic carbocycles. The van der Waals surface area contributed by atoms with E-state index >= 15 is 0 Å². The molecule has 1 aromatic carbocycles. The first-order valence-corrected chi connectivity index (χ1v) is 4.12. The Kier molecular flexibility index (Phi) is 2.07. The van der Waals surface area contributed by atoms with Crippen LogP contribution in [0, 0.1) is 11.6 Å². The Morgan fingerprint density at radius 1 is 1.29 bits per heavy atom. The minimum absolute atomic E-state index is 0.0405. The lowest BCUT2D eigenvalue weighted by Gasteiger charge is -2.19. The molecule has 0 spiro atoms. The standard InChI is InChI=1S/C9H8F2N2O/c10-5-1-2-6(11)9-8(5)7(13-12)3-4-14-9/h1-2H,3-4,12H2/b13-7+. The average Bonchev–Trinajstić information content (AvgIpc) is 2.23. The van der Waals surface area contributed by atoms with E-state index in [2.05, 4.69) is 5.10 Å². The summed E-state index contributed by atoms with van der Waals surface area (Å²) >= 11 is 0. The molecule has 1 aliphatic heterocycles. The molecular weight excluding hydrogens is 190 g/mol. The van der Waals surface area contributed by atoms with Gasteiger partial charge in [-0.05, 0) is 12.1 Å². The van der Waals surface area contributed by atoms with Crippen molar-refractivity contribution in [3.05, 3.63) is 29.3 Å². The first-order valence-electron chi connectivity index (χ1n) is 4.12. The number of nitrogens with zero attached hydrogens (tertiary/aromatic N) is 1. The van der Waals surface area contributed by atoms with Gasteiger partial charge < -0.3 is 10.6 Å². The Morgan fingerprint density at radius 3 is 2.71 bits per heavy atom. The van der Waals surface area contributed by atoms with E-state index in [1.54, 1.807) is 0 Å². The van der Waals surface area contributed by atoms with Crippen LogP contribution in [0.15, 0.2) is 17.2 Å². The molecule has 0 saturated carbocycles. The van der Waals surface area contributed by atoms with Crippen molar-refractivity contribution < 1.29 is 13.5 Å². The van der Waals surface area contributed by atoms with Crippen molar-refractivity contribution in [2.24, 2.45) is 10.9 Å². The predicted molar refractivity (Wildman–Crippen MR) is 47.2 cm³/mol. The molecule has 1 aliphatic rings. The summed E-state index contributed by atoms with van der Waals surface area (Å²) in [5.74, 6) is 3.82.